The van der Waals surface area contributed by atoms with Gasteiger partial charge in [-0.2, -0.15) is 0 Å². The highest BCUT2D eigenvalue weighted by Gasteiger charge is 2.52. The molecular weight excluding hydrogens is 528 g/mol. The van der Waals surface area contributed by atoms with Crippen molar-refractivity contribution >= 4 is 45.1 Å². The number of thiophene rings is 1. The molecule has 6 rings (SSSR count). The Hall–Kier alpha value is -3.79. The molecule has 1 aromatic carbocycles. The summed E-state index contributed by atoms with van der Waals surface area (Å²) in [7, 11) is 0. The lowest BCUT2D eigenvalue weighted by molar-refractivity contribution is -0.138. The highest BCUT2D eigenvalue weighted by Crippen LogP contribution is 2.34. The fourth-order valence-corrected chi connectivity index (χ4v) is 7.32. The number of ether oxygens (including phenoxy) is 1. The first-order valence-corrected chi connectivity index (χ1v) is 14.9. The fraction of sp³-hybridized carbons (Fsp3) is 0.433. The molecule has 4 heterocycles. The summed E-state index contributed by atoms with van der Waals surface area (Å²) in [6, 6.07) is 10.8. The van der Waals surface area contributed by atoms with Crippen LogP contribution in [0.15, 0.2) is 54.0 Å². The molecule has 2 aliphatic heterocycles. The number of carbonyl (C=O) groups excluding carboxylic acids is 4. The molecule has 3 aromatic rings. The minimum absolute atomic E-state index is 0.0531. The van der Waals surface area contributed by atoms with Crippen molar-refractivity contribution in [3.05, 3.63) is 59.7 Å². The molecule has 3 atom stereocenters. The van der Waals surface area contributed by atoms with E-state index in [2.05, 4.69) is 10.3 Å². The van der Waals surface area contributed by atoms with Gasteiger partial charge in [0.25, 0.3) is 5.91 Å². The maximum absolute atomic E-state index is 14.0. The molecule has 1 aliphatic carbocycles. The van der Waals surface area contributed by atoms with Crippen LogP contribution in [0.3, 0.4) is 0 Å². The Kier molecular flexibility index (Phi) is 7.51. The van der Waals surface area contributed by atoms with E-state index in [0.717, 1.165) is 35.8 Å². The Bertz CT molecular complexity index is 1420. The summed E-state index contributed by atoms with van der Waals surface area (Å²) in [6.45, 7) is 0.293. The smallest absolute Gasteiger partial charge is 0.409 e. The van der Waals surface area contributed by atoms with Crippen molar-refractivity contribution in [1.82, 2.24) is 20.1 Å². The van der Waals surface area contributed by atoms with E-state index in [9.17, 15) is 19.2 Å². The lowest BCUT2D eigenvalue weighted by atomic mass is 9.84. The second-order valence-corrected chi connectivity index (χ2v) is 11.8. The van der Waals surface area contributed by atoms with Crippen LogP contribution in [0, 0.1) is 5.92 Å². The van der Waals surface area contributed by atoms with E-state index in [1.54, 1.807) is 39.6 Å². The van der Waals surface area contributed by atoms with Gasteiger partial charge in [0.2, 0.25) is 5.91 Å². The van der Waals surface area contributed by atoms with E-state index >= 15 is 0 Å². The lowest BCUT2D eigenvalue weighted by Gasteiger charge is -2.31. The molecule has 2 aromatic heterocycles. The van der Waals surface area contributed by atoms with Gasteiger partial charge in [-0.1, -0.05) is 50.3 Å². The van der Waals surface area contributed by atoms with Crippen molar-refractivity contribution in [3.8, 4) is 5.75 Å². The molecule has 2 saturated heterocycles. The number of benzene rings is 1. The third-order valence-electron chi connectivity index (χ3n) is 8.38. The van der Waals surface area contributed by atoms with Gasteiger partial charge in [-0.05, 0) is 43.0 Å². The van der Waals surface area contributed by atoms with Crippen LogP contribution in [0.4, 0.5) is 4.79 Å². The van der Waals surface area contributed by atoms with Crippen LogP contribution < -0.4 is 10.1 Å². The summed E-state index contributed by atoms with van der Waals surface area (Å²) in [5.41, 5.74) is 0.279. The normalized spacial score (nSPS) is 21.9. The quantitative estimate of drug-likeness (QED) is 0.478. The summed E-state index contributed by atoms with van der Waals surface area (Å²) < 4.78 is 6.68. The number of nitrogens with zero attached hydrogens (tertiary/aromatic N) is 3. The number of Topliss-reactive ketones (excluding diaryl/α,β-unsaturated/α-hetero) is 1. The van der Waals surface area contributed by atoms with Gasteiger partial charge in [-0.3, -0.25) is 19.4 Å². The van der Waals surface area contributed by atoms with Crippen LogP contribution in [0.1, 0.15) is 55.4 Å². The van der Waals surface area contributed by atoms with Gasteiger partial charge in [0.05, 0.1) is 12.6 Å². The molecule has 1 saturated carbocycles. The Balaban J connectivity index is 1.19. The summed E-state index contributed by atoms with van der Waals surface area (Å²) in [5.74, 6) is 0.0106. The molecule has 0 spiro atoms. The number of rotatable bonds is 6. The van der Waals surface area contributed by atoms with Crippen molar-refractivity contribution in [1.29, 1.82) is 0 Å². The van der Waals surface area contributed by atoms with Crippen molar-refractivity contribution in [2.75, 3.05) is 13.1 Å². The van der Waals surface area contributed by atoms with Gasteiger partial charge < -0.3 is 19.9 Å². The number of ketones is 1. The second-order valence-electron chi connectivity index (χ2n) is 10.9. The monoisotopic (exact) mass is 560 g/mol. The van der Waals surface area contributed by atoms with Gasteiger partial charge in [-0.15, -0.1) is 11.3 Å². The zero-order chi connectivity index (χ0) is 27.6. The van der Waals surface area contributed by atoms with E-state index in [-0.39, 0.29) is 29.8 Å². The number of carbonyl (C=O) groups is 4. The number of fused-ring (bicyclic) bond motifs is 2. The maximum atomic E-state index is 14.0. The zero-order valence-electron chi connectivity index (χ0n) is 22.2. The fourth-order valence-electron chi connectivity index (χ4n) is 6.46. The Labute approximate surface area is 236 Å². The summed E-state index contributed by atoms with van der Waals surface area (Å²) >= 11 is 1.49. The number of hydrogen-bond acceptors (Lipinski definition) is 7. The topological polar surface area (TPSA) is 109 Å². The molecule has 3 amide bonds. The molecule has 1 N–H and O–H groups in total. The Morgan fingerprint density at radius 1 is 1.02 bits per heavy atom. The van der Waals surface area contributed by atoms with Crippen LogP contribution >= 0.6 is 11.3 Å². The van der Waals surface area contributed by atoms with Crippen molar-refractivity contribution in [3.63, 3.8) is 0 Å². The van der Waals surface area contributed by atoms with Crippen LogP contribution in [0.5, 0.6) is 5.75 Å². The number of hydrogen-bond donors (Lipinski definition) is 1. The Morgan fingerprint density at radius 2 is 1.82 bits per heavy atom. The van der Waals surface area contributed by atoms with Gasteiger partial charge in [0, 0.05) is 28.2 Å². The predicted molar refractivity (Wildman–Crippen MR) is 150 cm³/mol. The molecule has 3 unspecified atom stereocenters. The molecule has 10 heteroatoms. The first kappa shape index (κ1) is 26.4. The summed E-state index contributed by atoms with van der Waals surface area (Å²) in [5, 5.41) is 5.48. The summed E-state index contributed by atoms with van der Waals surface area (Å²) in [6.07, 6.45) is 7.27. The number of nitrogens with one attached hydrogen (secondary N) is 1. The van der Waals surface area contributed by atoms with Crippen LogP contribution in [0.25, 0.3) is 10.1 Å². The average molecular weight is 561 g/mol. The zero-order valence-corrected chi connectivity index (χ0v) is 23.0. The number of likely N-dealkylation sites (tertiary alicyclic amines) is 2. The number of amides is 3. The molecule has 3 fully saturated rings. The SMILES string of the molecule is O=C(NC(CC1CCCCC1)C(=O)N1CCC2C1C(=O)CN2C(=O)c1ccccn1)Oc1csc2ccccc12. The third kappa shape index (κ3) is 5.20. The highest BCUT2D eigenvalue weighted by molar-refractivity contribution is 7.17. The number of aromatic nitrogens is 1. The van der Waals surface area contributed by atoms with Gasteiger partial charge >= 0.3 is 6.09 Å². The largest absolute Gasteiger partial charge is 0.413 e. The molecule has 0 radical (unpaired) electrons. The van der Waals surface area contributed by atoms with Gasteiger partial charge in [0.1, 0.15) is 17.8 Å². The van der Waals surface area contributed by atoms with E-state index < -0.39 is 24.2 Å². The standard InChI is InChI=1S/C30H32N4O5S/c35-24-17-34(28(36)21-11-6-7-14-31-21)23-13-15-33(27(23)24)29(37)22(16-19-8-2-1-3-9-19)32-30(38)39-25-18-40-26-12-5-4-10-20(25)26/h4-7,10-12,14,18-19,22-23,27H,1-3,8-9,13,15-17H2,(H,32,38). The first-order valence-electron chi connectivity index (χ1n) is 14.0. The van der Waals surface area contributed by atoms with Crippen molar-refractivity contribution < 1.29 is 23.9 Å². The van der Waals surface area contributed by atoms with Crippen molar-refractivity contribution in [2.45, 2.75) is 63.1 Å². The van der Waals surface area contributed by atoms with E-state index in [1.807, 2.05) is 24.3 Å². The average Bonchev–Trinajstić information content (AvgIpc) is 3.69. The second kappa shape index (κ2) is 11.4. The van der Waals surface area contributed by atoms with Crippen LogP contribution in [-0.2, 0) is 9.59 Å². The molecule has 40 heavy (non-hydrogen) atoms. The van der Waals surface area contributed by atoms with E-state index in [4.69, 9.17) is 4.74 Å². The van der Waals surface area contributed by atoms with Crippen LogP contribution in [0.2, 0.25) is 0 Å². The maximum Gasteiger partial charge on any atom is 0.413 e. The summed E-state index contributed by atoms with van der Waals surface area (Å²) in [4.78, 5) is 60.7. The lowest BCUT2D eigenvalue weighted by Crippen LogP contribution is -2.53. The first-order chi connectivity index (χ1) is 19.5. The molecular formula is C30H32N4O5S. The Morgan fingerprint density at radius 3 is 2.62 bits per heavy atom. The van der Waals surface area contributed by atoms with Gasteiger partial charge in [-0.25, -0.2) is 4.79 Å². The predicted octanol–water partition coefficient (Wildman–Crippen LogP) is 4.42. The molecule has 208 valence electrons. The van der Waals surface area contributed by atoms with Crippen LogP contribution in [-0.4, -0.2) is 69.7 Å². The molecule has 3 aliphatic rings. The molecule has 0 bridgehead atoms. The minimum atomic E-state index is -0.812. The third-order valence-corrected chi connectivity index (χ3v) is 9.32. The minimum Gasteiger partial charge on any atom is -0.409 e. The highest BCUT2D eigenvalue weighted by atomic mass is 32.1. The molecule has 9 nitrogen and oxygen atoms in total. The van der Waals surface area contributed by atoms with E-state index in [0.29, 0.717) is 31.1 Å². The van der Waals surface area contributed by atoms with Gasteiger partial charge in [0.15, 0.2) is 11.5 Å². The van der Waals surface area contributed by atoms with E-state index in [1.165, 1.54) is 17.8 Å². The number of pyridine rings is 1. The van der Waals surface area contributed by atoms with Crippen molar-refractivity contribution in [2.24, 2.45) is 5.92 Å².